The third-order valence-electron chi connectivity index (χ3n) is 12.9. The van der Waals surface area contributed by atoms with E-state index in [9.17, 15) is 32.7 Å². The van der Waals surface area contributed by atoms with Crippen molar-refractivity contribution in [1.29, 1.82) is 0 Å². The molecular formula is C43H48F3N9O5. The van der Waals surface area contributed by atoms with Crippen LogP contribution in [-0.2, 0) is 42.6 Å². The highest BCUT2D eigenvalue weighted by atomic mass is 19.4. The van der Waals surface area contributed by atoms with Crippen LogP contribution >= 0.6 is 0 Å². The Morgan fingerprint density at radius 1 is 1.10 bits per heavy atom. The van der Waals surface area contributed by atoms with Gasteiger partial charge in [0.25, 0.3) is 11.5 Å². The second-order valence-electron chi connectivity index (χ2n) is 17.7. The number of aromatic nitrogens is 4. The summed E-state index contributed by atoms with van der Waals surface area (Å²) in [5, 5.41) is 16.5. The molecule has 1 spiro atoms. The number of pyridine rings is 1. The molecule has 1 aromatic carbocycles. The number of amides is 2. The van der Waals surface area contributed by atoms with E-state index in [2.05, 4.69) is 50.5 Å². The summed E-state index contributed by atoms with van der Waals surface area (Å²) in [6, 6.07) is 6.63. The molecule has 17 heteroatoms. The number of hydrogen-bond donors (Lipinski definition) is 3. The number of aliphatic hydroxyl groups excluding tert-OH is 1. The molecule has 1 unspecified atom stereocenters. The van der Waals surface area contributed by atoms with Crippen LogP contribution in [0.3, 0.4) is 0 Å². The second kappa shape index (κ2) is 14.6. The molecule has 0 saturated carbocycles. The number of hydrogen-bond acceptors (Lipinski definition) is 10. The van der Waals surface area contributed by atoms with Crippen molar-refractivity contribution in [3.63, 3.8) is 0 Å². The van der Waals surface area contributed by atoms with E-state index in [1.54, 1.807) is 24.1 Å². The maximum absolute atomic E-state index is 14.8. The summed E-state index contributed by atoms with van der Waals surface area (Å²) >= 11 is 0. The number of anilines is 5. The third-order valence-corrected chi connectivity index (χ3v) is 12.9. The Hall–Kier alpha value is -5.52. The lowest BCUT2D eigenvalue weighted by molar-refractivity contribution is -0.184. The molecule has 0 radical (unpaired) electrons. The highest BCUT2D eigenvalue weighted by Crippen LogP contribution is 2.50. The number of aryl methyl sites for hydroxylation is 1. The summed E-state index contributed by atoms with van der Waals surface area (Å²) in [5.74, 6) is -0.655. The molecular weight excluding hydrogens is 780 g/mol. The van der Waals surface area contributed by atoms with Gasteiger partial charge in [0, 0.05) is 74.7 Å². The van der Waals surface area contributed by atoms with Gasteiger partial charge >= 0.3 is 6.18 Å². The first-order chi connectivity index (χ1) is 28.6. The molecule has 3 N–H and O–H groups in total. The van der Waals surface area contributed by atoms with Crippen molar-refractivity contribution in [3.05, 3.63) is 88.2 Å². The van der Waals surface area contributed by atoms with Gasteiger partial charge in [-0.1, -0.05) is 20.4 Å². The summed E-state index contributed by atoms with van der Waals surface area (Å²) in [5.41, 5.74) is 3.81. The highest BCUT2D eigenvalue weighted by molar-refractivity contribution is 6.06. The minimum atomic E-state index is -4.54. The van der Waals surface area contributed by atoms with Crippen LogP contribution in [0, 0.1) is 10.8 Å². The average Bonchev–Trinajstić information content (AvgIpc) is 3.67. The first-order valence-corrected chi connectivity index (χ1v) is 20.3. The van der Waals surface area contributed by atoms with Crippen molar-refractivity contribution in [2.24, 2.45) is 17.9 Å². The van der Waals surface area contributed by atoms with Crippen LogP contribution in [0.4, 0.5) is 41.9 Å². The Morgan fingerprint density at radius 3 is 2.58 bits per heavy atom. The molecule has 3 saturated heterocycles. The highest BCUT2D eigenvalue weighted by Gasteiger charge is 2.57. The van der Waals surface area contributed by atoms with Crippen molar-refractivity contribution >= 4 is 40.5 Å². The largest absolute Gasteiger partial charge is 0.408 e. The lowest BCUT2D eigenvalue weighted by atomic mass is 9.68. The molecule has 5 aliphatic rings. The minimum Gasteiger partial charge on any atom is -0.392 e. The van der Waals surface area contributed by atoms with Gasteiger partial charge in [-0.25, -0.2) is 9.97 Å². The number of likely N-dealkylation sites (tertiary alicyclic amines) is 1. The van der Waals surface area contributed by atoms with E-state index in [0.717, 1.165) is 18.9 Å². The van der Waals surface area contributed by atoms with Crippen molar-refractivity contribution in [1.82, 2.24) is 24.0 Å². The monoisotopic (exact) mass is 827 g/mol. The van der Waals surface area contributed by atoms with Crippen LogP contribution in [0.5, 0.6) is 0 Å². The number of carbonyl (C=O) groups excluding carboxylic acids is 2. The predicted molar refractivity (Wildman–Crippen MR) is 220 cm³/mol. The van der Waals surface area contributed by atoms with Gasteiger partial charge < -0.3 is 34.5 Å². The number of rotatable bonds is 9. The van der Waals surface area contributed by atoms with Crippen molar-refractivity contribution in [2.75, 3.05) is 59.8 Å². The third kappa shape index (κ3) is 6.95. The summed E-state index contributed by atoms with van der Waals surface area (Å²) in [7, 11) is 1.54. The SMILES string of the molecule is C=CC(=O)Nc1cc(Nc2nc(-c3ccnc(N4CCn5c(cc6c5CC(C)(C)C6)C4=O)c3CO)cn(C)c2=O)ccc1N1CCC2(CC1C(F)(F)F)CN(C1COC1)C2. The number of carbonyl (C=O) groups is 2. The van der Waals surface area contributed by atoms with E-state index in [1.165, 1.54) is 45.3 Å². The van der Waals surface area contributed by atoms with Crippen molar-refractivity contribution in [3.8, 4) is 11.3 Å². The fraction of sp³-hybridized carbons (Fsp3) is 0.465. The Labute approximate surface area is 344 Å². The number of fused-ring (bicyclic) bond motifs is 3. The smallest absolute Gasteiger partial charge is 0.392 e. The Morgan fingerprint density at radius 2 is 1.88 bits per heavy atom. The van der Waals surface area contributed by atoms with E-state index in [4.69, 9.17) is 4.74 Å². The van der Waals surface area contributed by atoms with E-state index >= 15 is 0 Å². The molecule has 3 fully saturated rings. The number of benzene rings is 1. The second-order valence-corrected chi connectivity index (χ2v) is 17.7. The standard InChI is InChI=1S/C43H48F3N9O5/c1-5-36(57)49-30-15-26(6-7-32(30)54-11-9-42(18-35(54)43(44,45)46)23-52(24-42)27-21-60-22-27)48-37-40(59)51(4)19-31(50-37)28-8-10-47-38(29(28)20-56)55-13-12-53-33(39(55)58)14-25-16-41(2,3)17-34(25)53/h5-8,10,14-15,19,27,35,56H,1,9,11-13,16-18,20-24H2,2-4H3,(H,48,50)(H,49,57). The topological polar surface area (TPSA) is 150 Å². The van der Waals surface area contributed by atoms with Crippen molar-refractivity contribution < 1.29 is 32.6 Å². The summed E-state index contributed by atoms with van der Waals surface area (Å²) in [6.07, 6.45) is 1.81. The average molecular weight is 828 g/mol. The Balaban J connectivity index is 1.00. The van der Waals surface area contributed by atoms with Gasteiger partial charge in [0.15, 0.2) is 5.82 Å². The summed E-state index contributed by atoms with van der Waals surface area (Å²) in [6.45, 7) is 10.9. The van der Waals surface area contributed by atoms with Gasteiger partial charge in [-0.3, -0.25) is 24.2 Å². The molecule has 60 heavy (non-hydrogen) atoms. The summed E-state index contributed by atoms with van der Waals surface area (Å²) < 4.78 is 53.2. The number of aliphatic hydroxyl groups is 1. The number of alkyl halides is 3. The zero-order valence-corrected chi connectivity index (χ0v) is 33.8. The van der Waals surface area contributed by atoms with Gasteiger partial charge in [0.05, 0.1) is 42.9 Å². The molecule has 1 atom stereocenters. The van der Waals surface area contributed by atoms with Crippen LogP contribution in [0.15, 0.2) is 60.2 Å². The van der Waals surface area contributed by atoms with Gasteiger partial charge in [-0.05, 0) is 78.5 Å². The van der Waals surface area contributed by atoms with Crippen LogP contribution in [0.25, 0.3) is 11.3 Å². The Bertz CT molecular complexity index is 2470. The van der Waals surface area contributed by atoms with Crippen molar-refractivity contribution in [2.45, 2.75) is 70.9 Å². The van der Waals surface area contributed by atoms with Gasteiger partial charge in [-0.2, -0.15) is 13.2 Å². The molecule has 7 heterocycles. The molecule has 9 rings (SSSR count). The predicted octanol–water partition coefficient (Wildman–Crippen LogP) is 5.02. The lowest BCUT2D eigenvalue weighted by Gasteiger charge is -2.59. The van der Waals surface area contributed by atoms with E-state index in [0.29, 0.717) is 74.1 Å². The first-order valence-electron chi connectivity index (χ1n) is 20.3. The van der Waals surface area contributed by atoms with Crippen LogP contribution in [0.2, 0.25) is 0 Å². The molecule has 14 nitrogen and oxygen atoms in total. The van der Waals surface area contributed by atoms with Gasteiger partial charge in [0.2, 0.25) is 5.91 Å². The van der Waals surface area contributed by atoms with E-state index in [1.807, 2.05) is 6.07 Å². The normalized spacial score (nSPS) is 21.0. The zero-order chi connectivity index (χ0) is 42.3. The minimum absolute atomic E-state index is 0.0749. The van der Waals surface area contributed by atoms with E-state index < -0.39 is 35.7 Å². The van der Waals surface area contributed by atoms with Crippen LogP contribution in [0.1, 0.15) is 54.0 Å². The number of piperidine rings is 1. The first kappa shape index (κ1) is 39.9. The molecule has 0 bridgehead atoms. The zero-order valence-electron chi connectivity index (χ0n) is 33.8. The Kier molecular flexibility index (Phi) is 9.71. The molecule has 316 valence electrons. The van der Waals surface area contributed by atoms with Crippen LogP contribution in [-0.4, -0.2) is 98.6 Å². The lowest BCUT2D eigenvalue weighted by Crippen LogP contribution is -2.69. The fourth-order valence-corrected chi connectivity index (χ4v) is 9.84. The molecule has 4 aromatic rings. The fourth-order valence-electron chi connectivity index (χ4n) is 9.84. The maximum Gasteiger partial charge on any atom is 0.408 e. The van der Waals surface area contributed by atoms with Crippen LogP contribution < -0.4 is 26.0 Å². The number of halogens is 3. The van der Waals surface area contributed by atoms with Gasteiger partial charge in [-0.15, -0.1) is 0 Å². The van der Waals surface area contributed by atoms with E-state index in [-0.39, 0.29) is 53.2 Å². The number of ether oxygens (including phenoxy) is 1. The maximum atomic E-state index is 14.8. The molecule has 4 aliphatic heterocycles. The molecule has 2 amide bonds. The summed E-state index contributed by atoms with van der Waals surface area (Å²) in [4.78, 5) is 54.5. The number of nitrogens with one attached hydrogen (secondary N) is 2. The molecule has 1 aliphatic carbocycles. The molecule has 3 aromatic heterocycles. The quantitative estimate of drug-likeness (QED) is 0.197. The number of nitrogens with zero attached hydrogens (tertiary/aromatic N) is 7. The van der Waals surface area contributed by atoms with Gasteiger partial charge in [0.1, 0.15) is 17.6 Å².